The third-order valence-corrected chi connectivity index (χ3v) is 4.52. The number of hydrogen-bond donors (Lipinski definition) is 4. The van der Waals surface area contributed by atoms with Gasteiger partial charge >= 0.3 is 41.5 Å². The third kappa shape index (κ3) is 27.1. The summed E-state index contributed by atoms with van der Waals surface area (Å²) in [5.41, 5.74) is 0. The van der Waals surface area contributed by atoms with Crippen LogP contribution in [0.25, 0.3) is 0 Å². The Labute approximate surface area is 209 Å². The van der Waals surface area contributed by atoms with E-state index in [0.29, 0.717) is 6.42 Å². The number of unbranched alkanes of at least 4 members (excludes halogenated alkanes) is 11. The van der Waals surface area contributed by atoms with Crippen LogP contribution in [0.3, 0.4) is 0 Å². The topological polar surface area (TPSA) is 132 Å². The fourth-order valence-corrected chi connectivity index (χ4v) is 2.66. The van der Waals surface area contributed by atoms with Crippen molar-refractivity contribution in [2.24, 2.45) is 0 Å². The molecule has 0 aromatic rings. The number of carbonyl (C=O) groups excluding carboxylic acids is 1. The molecule has 8 heteroatoms. The van der Waals surface area contributed by atoms with Crippen LogP contribution < -0.4 is 29.6 Å². The molecule has 0 aliphatic rings. The zero-order valence-electron chi connectivity index (χ0n) is 19.4. The van der Waals surface area contributed by atoms with E-state index in [4.69, 9.17) is 20.4 Å². The van der Waals surface area contributed by atoms with Crippen molar-refractivity contribution < 1.29 is 64.4 Å². The molecule has 0 amide bonds. The van der Waals surface area contributed by atoms with E-state index in [1.807, 2.05) is 0 Å². The average Bonchev–Trinajstić information content (AvgIpc) is 2.69. The molecule has 2 unspecified atom stereocenters. The largest absolute Gasteiger partial charge is 1.00 e. The van der Waals surface area contributed by atoms with Crippen LogP contribution in [0.5, 0.6) is 0 Å². The van der Waals surface area contributed by atoms with E-state index < -0.39 is 24.1 Å². The van der Waals surface area contributed by atoms with Gasteiger partial charge in [-0.25, -0.2) is 9.59 Å². The Balaban J connectivity index is -0.000000604. The molecule has 0 saturated carbocycles. The SMILES string of the molecule is O=C(O)C(O)C(O)C(=O)O.[CH2-]C(=O)CCCCCCC/C=C\CCCCCCCC.[Na+]. The van der Waals surface area contributed by atoms with Crippen molar-refractivity contribution >= 4 is 17.7 Å². The van der Waals surface area contributed by atoms with Crippen LogP contribution in [0.1, 0.15) is 96.8 Å². The molecule has 0 aliphatic carbocycles. The van der Waals surface area contributed by atoms with E-state index in [9.17, 15) is 14.4 Å². The standard InChI is InChI=1S/C19H35O.C4H6O6.Na/c1-3-4-5-6-7-8-9-10-11-12-13-14-15-16-17-18-19(2)20;5-1(3(7)8)2(6)4(9)10;/h10-11H,2-9,12-18H2,1H3;1-2,5-6H,(H,7,8)(H,9,10);/q-1;;+1/b11-10-;;. The summed E-state index contributed by atoms with van der Waals surface area (Å²) < 4.78 is 0. The first-order chi connectivity index (χ1) is 14.2. The van der Waals surface area contributed by atoms with Crippen LogP contribution >= 0.6 is 0 Å². The molecule has 0 heterocycles. The van der Waals surface area contributed by atoms with E-state index in [1.165, 1.54) is 77.0 Å². The van der Waals surface area contributed by atoms with Gasteiger partial charge in [-0.3, -0.25) is 0 Å². The molecular formula is C23H41NaO7. The molecule has 0 saturated heterocycles. The second-order valence-electron chi connectivity index (χ2n) is 7.44. The first kappa shape index (κ1) is 34.7. The number of carboxylic acids is 2. The van der Waals surface area contributed by atoms with Gasteiger partial charge in [-0.15, -0.1) is 0 Å². The van der Waals surface area contributed by atoms with Gasteiger partial charge in [-0.1, -0.05) is 70.4 Å². The summed E-state index contributed by atoms with van der Waals surface area (Å²) in [5.74, 6) is -3.45. The van der Waals surface area contributed by atoms with Crippen LogP contribution in [-0.2, 0) is 14.4 Å². The molecule has 4 N–H and O–H groups in total. The van der Waals surface area contributed by atoms with Crippen LogP contribution in [0.15, 0.2) is 12.2 Å². The van der Waals surface area contributed by atoms with Gasteiger partial charge in [-0.2, -0.15) is 0 Å². The maximum absolute atomic E-state index is 10.7. The Morgan fingerprint density at radius 2 is 1.06 bits per heavy atom. The number of carbonyl (C=O) groups is 3. The summed E-state index contributed by atoms with van der Waals surface area (Å²) in [7, 11) is 0. The summed E-state index contributed by atoms with van der Waals surface area (Å²) in [6, 6.07) is 0. The number of carboxylic acid groups (broad SMARTS) is 2. The maximum Gasteiger partial charge on any atom is 1.00 e. The van der Waals surface area contributed by atoms with Crippen LogP contribution in [0.4, 0.5) is 0 Å². The van der Waals surface area contributed by atoms with Crippen molar-refractivity contribution in [2.45, 2.75) is 109 Å². The number of aliphatic carboxylic acids is 2. The first-order valence-corrected chi connectivity index (χ1v) is 11.1. The van der Waals surface area contributed by atoms with Crippen LogP contribution in [0.2, 0.25) is 0 Å². The maximum atomic E-state index is 10.7. The van der Waals surface area contributed by atoms with Crippen molar-refractivity contribution in [3.05, 3.63) is 19.1 Å². The number of ketones is 1. The van der Waals surface area contributed by atoms with Gasteiger partial charge in [0.25, 0.3) is 0 Å². The van der Waals surface area contributed by atoms with Crippen LogP contribution in [0, 0.1) is 6.92 Å². The number of aliphatic hydroxyl groups is 2. The fraction of sp³-hybridized carbons (Fsp3) is 0.739. The van der Waals surface area contributed by atoms with E-state index >= 15 is 0 Å². The number of rotatable bonds is 18. The van der Waals surface area contributed by atoms with Gasteiger partial charge < -0.3 is 32.1 Å². The molecule has 0 rings (SSSR count). The van der Waals surface area contributed by atoms with Gasteiger partial charge in [0.05, 0.1) is 0 Å². The molecule has 0 aliphatic heterocycles. The predicted molar refractivity (Wildman–Crippen MR) is 117 cm³/mol. The third-order valence-electron chi connectivity index (χ3n) is 4.52. The Bertz CT molecular complexity index is 463. The number of allylic oxidation sites excluding steroid dienone is 2. The molecule has 0 bridgehead atoms. The normalized spacial score (nSPS) is 12.4. The summed E-state index contributed by atoms with van der Waals surface area (Å²) in [5, 5.41) is 32.5. The molecule has 0 fully saturated rings. The number of Topliss-reactive ketones (excluding diaryl/α,β-unsaturated/α-hetero) is 1. The minimum atomic E-state index is -2.27. The van der Waals surface area contributed by atoms with Gasteiger partial charge in [0, 0.05) is 0 Å². The van der Waals surface area contributed by atoms with Gasteiger partial charge in [0.1, 0.15) is 0 Å². The van der Waals surface area contributed by atoms with Gasteiger partial charge in [0.2, 0.25) is 0 Å². The zero-order chi connectivity index (χ0) is 23.2. The molecule has 0 radical (unpaired) electrons. The van der Waals surface area contributed by atoms with Crippen molar-refractivity contribution in [1.82, 2.24) is 0 Å². The summed E-state index contributed by atoms with van der Waals surface area (Å²) in [4.78, 5) is 30.2. The minimum Gasteiger partial charge on any atom is -0.479 e. The van der Waals surface area contributed by atoms with E-state index in [2.05, 4.69) is 26.0 Å². The molecule has 31 heavy (non-hydrogen) atoms. The Hall–Kier alpha value is -0.860. The Kier molecular flexibility index (Phi) is 28.5. The summed E-state index contributed by atoms with van der Waals surface area (Å²) in [6.45, 7) is 5.66. The Morgan fingerprint density at radius 1 is 0.710 bits per heavy atom. The second kappa shape index (κ2) is 25.4. The molecule has 176 valence electrons. The Morgan fingerprint density at radius 3 is 1.42 bits per heavy atom. The summed E-state index contributed by atoms with van der Waals surface area (Å²) >= 11 is 0. The molecule has 0 aromatic carbocycles. The van der Waals surface area contributed by atoms with E-state index in [-0.39, 0.29) is 35.3 Å². The minimum absolute atomic E-state index is 0. The van der Waals surface area contributed by atoms with Crippen LogP contribution in [-0.4, -0.2) is 50.4 Å². The van der Waals surface area contributed by atoms with Gasteiger partial charge in [0.15, 0.2) is 12.2 Å². The van der Waals surface area contributed by atoms with Crippen molar-refractivity contribution in [2.75, 3.05) is 0 Å². The van der Waals surface area contributed by atoms with E-state index in [0.717, 1.165) is 6.42 Å². The smallest absolute Gasteiger partial charge is 0.479 e. The molecular weight excluding hydrogens is 411 g/mol. The average molecular weight is 453 g/mol. The molecule has 2 atom stereocenters. The number of hydrogen-bond acceptors (Lipinski definition) is 5. The number of aliphatic hydroxyl groups excluding tert-OH is 2. The zero-order valence-corrected chi connectivity index (χ0v) is 21.4. The quantitative estimate of drug-likeness (QED) is 0.107. The molecule has 0 aromatic heterocycles. The van der Waals surface area contributed by atoms with Crippen molar-refractivity contribution in [3.8, 4) is 0 Å². The van der Waals surface area contributed by atoms with Crippen molar-refractivity contribution in [1.29, 1.82) is 0 Å². The first-order valence-electron chi connectivity index (χ1n) is 11.1. The molecule has 0 spiro atoms. The fourth-order valence-electron chi connectivity index (χ4n) is 2.66. The van der Waals surface area contributed by atoms with E-state index in [1.54, 1.807) is 0 Å². The summed E-state index contributed by atoms with van der Waals surface area (Å²) in [6.07, 6.45) is 17.7. The molecule has 7 nitrogen and oxygen atoms in total. The second-order valence-corrected chi connectivity index (χ2v) is 7.44. The predicted octanol–water partition coefficient (Wildman–Crippen LogP) is 1.31. The monoisotopic (exact) mass is 452 g/mol. The van der Waals surface area contributed by atoms with Crippen molar-refractivity contribution in [3.63, 3.8) is 0 Å². The van der Waals surface area contributed by atoms with Gasteiger partial charge in [-0.05, 0) is 44.3 Å².